The lowest BCUT2D eigenvalue weighted by Gasteiger charge is -2.24. The van der Waals surface area contributed by atoms with E-state index < -0.39 is 0 Å². The number of aromatic nitrogens is 3. The molecule has 0 radical (unpaired) electrons. The zero-order valence-electron chi connectivity index (χ0n) is 18.4. The molecule has 1 atom stereocenters. The van der Waals surface area contributed by atoms with Crippen molar-refractivity contribution in [3.05, 3.63) is 72.3 Å². The molecule has 0 unspecified atom stereocenters. The zero-order valence-corrected chi connectivity index (χ0v) is 18.4. The van der Waals surface area contributed by atoms with Crippen molar-refractivity contribution in [3.63, 3.8) is 0 Å². The predicted molar refractivity (Wildman–Crippen MR) is 120 cm³/mol. The van der Waals surface area contributed by atoms with Gasteiger partial charge in [0.15, 0.2) is 11.5 Å². The summed E-state index contributed by atoms with van der Waals surface area (Å²) in [6.07, 6.45) is 6.51. The summed E-state index contributed by atoms with van der Waals surface area (Å²) >= 11 is 0. The van der Waals surface area contributed by atoms with Crippen molar-refractivity contribution in [2.75, 3.05) is 20.3 Å². The van der Waals surface area contributed by atoms with Crippen LogP contribution in [0.1, 0.15) is 37.9 Å². The lowest BCUT2D eigenvalue weighted by Crippen LogP contribution is -2.27. The van der Waals surface area contributed by atoms with E-state index in [0.717, 1.165) is 16.8 Å². The molecule has 0 aliphatic heterocycles. The summed E-state index contributed by atoms with van der Waals surface area (Å²) in [6, 6.07) is 13.5. The second kappa shape index (κ2) is 10.4. The van der Waals surface area contributed by atoms with Gasteiger partial charge in [0.1, 0.15) is 12.7 Å². The first-order valence-electron chi connectivity index (χ1n) is 10.3. The van der Waals surface area contributed by atoms with Gasteiger partial charge in [0.2, 0.25) is 5.91 Å². The number of carbonyl (C=O) groups excluding carboxylic acids is 1. The molecule has 0 aliphatic carbocycles. The molecule has 7 heteroatoms. The molecule has 3 aromatic rings. The van der Waals surface area contributed by atoms with Crippen molar-refractivity contribution in [2.45, 2.75) is 26.8 Å². The standard InChI is InChI=1S/C24H28N4O3/c1-5-30-22-13-7-19(15-23(22)31-6-2)8-14-24(29)27(4)18(3)20-9-11-21(12-10-20)28-17-25-16-26-28/h7-18H,5-6H2,1-4H3/b14-8+/t18-/m1/s1. The van der Waals surface area contributed by atoms with E-state index in [-0.39, 0.29) is 11.9 Å². The highest BCUT2D eigenvalue weighted by atomic mass is 16.5. The number of carbonyl (C=O) groups is 1. The van der Waals surface area contributed by atoms with Gasteiger partial charge in [-0.15, -0.1) is 0 Å². The number of ether oxygens (including phenoxy) is 2. The Morgan fingerprint density at radius 3 is 2.45 bits per heavy atom. The van der Waals surface area contributed by atoms with E-state index in [0.29, 0.717) is 24.7 Å². The summed E-state index contributed by atoms with van der Waals surface area (Å²) in [5, 5.41) is 4.13. The Kier molecular flexibility index (Phi) is 7.43. The van der Waals surface area contributed by atoms with Crippen LogP contribution in [0, 0.1) is 0 Å². The molecule has 1 heterocycles. The smallest absolute Gasteiger partial charge is 0.246 e. The molecule has 1 amide bonds. The van der Waals surface area contributed by atoms with Crippen LogP contribution in [0.5, 0.6) is 11.5 Å². The van der Waals surface area contributed by atoms with Crippen LogP contribution in [0.3, 0.4) is 0 Å². The van der Waals surface area contributed by atoms with Gasteiger partial charge in [-0.1, -0.05) is 18.2 Å². The Hall–Kier alpha value is -3.61. The fourth-order valence-electron chi connectivity index (χ4n) is 3.12. The van der Waals surface area contributed by atoms with Crippen molar-refractivity contribution in [1.82, 2.24) is 19.7 Å². The van der Waals surface area contributed by atoms with Gasteiger partial charge in [-0.25, -0.2) is 9.67 Å². The minimum Gasteiger partial charge on any atom is -0.490 e. The van der Waals surface area contributed by atoms with E-state index in [4.69, 9.17) is 9.47 Å². The largest absolute Gasteiger partial charge is 0.490 e. The third-order valence-corrected chi connectivity index (χ3v) is 4.97. The van der Waals surface area contributed by atoms with Crippen LogP contribution < -0.4 is 9.47 Å². The molecule has 31 heavy (non-hydrogen) atoms. The third-order valence-electron chi connectivity index (χ3n) is 4.97. The second-order valence-electron chi connectivity index (χ2n) is 6.96. The first-order valence-corrected chi connectivity index (χ1v) is 10.3. The summed E-state index contributed by atoms with van der Waals surface area (Å²) in [4.78, 5) is 18.4. The zero-order chi connectivity index (χ0) is 22.2. The van der Waals surface area contributed by atoms with E-state index in [1.165, 1.54) is 6.33 Å². The van der Waals surface area contributed by atoms with Crippen LogP contribution in [0.4, 0.5) is 0 Å². The Balaban J connectivity index is 1.68. The molecular formula is C24H28N4O3. The van der Waals surface area contributed by atoms with E-state index in [1.54, 1.807) is 35.1 Å². The molecule has 7 nitrogen and oxygen atoms in total. The number of hydrogen-bond donors (Lipinski definition) is 0. The average molecular weight is 421 g/mol. The van der Waals surface area contributed by atoms with Crippen molar-refractivity contribution < 1.29 is 14.3 Å². The Morgan fingerprint density at radius 2 is 1.81 bits per heavy atom. The van der Waals surface area contributed by atoms with Gasteiger partial charge in [0.25, 0.3) is 0 Å². The van der Waals surface area contributed by atoms with Crippen LogP contribution in [0.25, 0.3) is 11.8 Å². The van der Waals surface area contributed by atoms with Crippen LogP contribution in [0.2, 0.25) is 0 Å². The normalized spacial score (nSPS) is 12.0. The molecule has 0 spiro atoms. The Bertz CT molecular complexity index is 1010. The molecule has 162 valence electrons. The fraction of sp³-hybridized carbons (Fsp3) is 0.292. The summed E-state index contributed by atoms with van der Waals surface area (Å²) in [5.74, 6) is 1.29. The maximum Gasteiger partial charge on any atom is 0.246 e. The SMILES string of the molecule is CCOc1ccc(/C=C/C(=O)N(C)[C@H](C)c2ccc(-n3cncn3)cc2)cc1OCC. The van der Waals surface area contributed by atoms with Crippen LogP contribution in [0.15, 0.2) is 61.2 Å². The van der Waals surface area contributed by atoms with Crippen molar-refractivity contribution in [3.8, 4) is 17.2 Å². The van der Waals surface area contributed by atoms with Gasteiger partial charge in [-0.3, -0.25) is 4.79 Å². The molecule has 0 fully saturated rings. The lowest BCUT2D eigenvalue weighted by molar-refractivity contribution is -0.126. The summed E-state index contributed by atoms with van der Waals surface area (Å²) < 4.78 is 12.9. The topological polar surface area (TPSA) is 69.5 Å². The van der Waals surface area contributed by atoms with E-state index in [2.05, 4.69) is 10.1 Å². The molecule has 0 N–H and O–H groups in total. The summed E-state index contributed by atoms with van der Waals surface area (Å²) in [6.45, 7) is 6.97. The van der Waals surface area contributed by atoms with E-state index >= 15 is 0 Å². The highest BCUT2D eigenvalue weighted by Crippen LogP contribution is 2.29. The van der Waals surface area contributed by atoms with Gasteiger partial charge < -0.3 is 14.4 Å². The minimum absolute atomic E-state index is 0.0822. The highest BCUT2D eigenvalue weighted by Gasteiger charge is 2.15. The molecule has 0 aliphatic rings. The third kappa shape index (κ3) is 5.51. The first kappa shape index (κ1) is 22.1. The monoisotopic (exact) mass is 420 g/mol. The highest BCUT2D eigenvalue weighted by molar-refractivity contribution is 5.92. The maximum atomic E-state index is 12.7. The van der Waals surface area contributed by atoms with Crippen molar-refractivity contribution in [1.29, 1.82) is 0 Å². The summed E-state index contributed by atoms with van der Waals surface area (Å²) in [5.41, 5.74) is 2.83. The predicted octanol–water partition coefficient (Wildman–Crippen LogP) is 4.30. The molecule has 0 saturated heterocycles. The van der Waals surface area contributed by atoms with Gasteiger partial charge in [-0.2, -0.15) is 5.10 Å². The number of benzene rings is 2. The van der Waals surface area contributed by atoms with Crippen LogP contribution >= 0.6 is 0 Å². The number of likely N-dealkylation sites (N-methyl/N-ethyl adjacent to an activating group) is 1. The maximum absolute atomic E-state index is 12.7. The van der Waals surface area contributed by atoms with E-state index in [9.17, 15) is 4.79 Å². The van der Waals surface area contributed by atoms with Gasteiger partial charge in [-0.05, 0) is 62.2 Å². The molecule has 1 aromatic heterocycles. The van der Waals surface area contributed by atoms with E-state index in [1.807, 2.05) is 63.2 Å². The van der Waals surface area contributed by atoms with Crippen molar-refractivity contribution >= 4 is 12.0 Å². The number of hydrogen-bond acceptors (Lipinski definition) is 5. The Morgan fingerprint density at radius 1 is 1.10 bits per heavy atom. The second-order valence-corrected chi connectivity index (χ2v) is 6.96. The number of rotatable bonds is 9. The number of nitrogens with zero attached hydrogens (tertiary/aromatic N) is 4. The number of amides is 1. The van der Waals surface area contributed by atoms with Gasteiger partial charge >= 0.3 is 0 Å². The fourth-order valence-corrected chi connectivity index (χ4v) is 3.12. The lowest BCUT2D eigenvalue weighted by atomic mass is 10.1. The van der Waals surface area contributed by atoms with Gasteiger partial charge in [0, 0.05) is 13.1 Å². The Labute approximate surface area is 182 Å². The van der Waals surface area contributed by atoms with Crippen LogP contribution in [-0.2, 0) is 4.79 Å². The van der Waals surface area contributed by atoms with Crippen molar-refractivity contribution in [2.24, 2.45) is 0 Å². The molecular weight excluding hydrogens is 392 g/mol. The molecule has 0 bridgehead atoms. The minimum atomic E-state index is -0.0836. The quantitative estimate of drug-likeness (QED) is 0.483. The molecule has 0 saturated carbocycles. The first-order chi connectivity index (χ1) is 15.0. The molecule has 2 aromatic carbocycles. The molecule has 3 rings (SSSR count). The summed E-state index contributed by atoms with van der Waals surface area (Å²) in [7, 11) is 1.80. The average Bonchev–Trinajstić information content (AvgIpc) is 3.33. The van der Waals surface area contributed by atoms with Gasteiger partial charge in [0.05, 0.1) is 24.9 Å². The van der Waals surface area contributed by atoms with Crippen LogP contribution in [-0.4, -0.2) is 45.8 Å².